The Hall–Kier alpha value is -2.39. The Morgan fingerprint density at radius 2 is 1.80 bits per heavy atom. The Balaban J connectivity index is 2.31. The maximum absolute atomic E-state index is 12.2. The molecule has 0 atom stereocenters. The molecule has 0 aliphatic heterocycles. The molecule has 0 saturated carbocycles. The third kappa shape index (κ3) is 3.99. The first-order chi connectivity index (χ1) is 11.5. The van der Waals surface area contributed by atoms with Gasteiger partial charge < -0.3 is 4.74 Å². The lowest BCUT2D eigenvalue weighted by atomic mass is 10.2. The maximum Gasteiger partial charge on any atom is 0.340 e. The number of hydrogen-bond donors (Lipinski definition) is 0. The van der Waals surface area contributed by atoms with E-state index in [0.717, 1.165) is 16.9 Å². The van der Waals surface area contributed by atoms with Gasteiger partial charge in [0.1, 0.15) is 6.61 Å². The number of aromatic nitrogens is 2. The molecular weight excluding hydrogens is 372 g/mol. The summed E-state index contributed by atoms with van der Waals surface area (Å²) < 4.78 is 30.3. The molecule has 1 aromatic carbocycles. The van der Waals surface area contributed by atoms with Gasteiger partial charge in [-0.15, -0.1) is 0 Å². The van der Waals surface area contributed by atoms with E-state index in [9.17, 15) is 22.8 Å². The summed E-state index contributed by atoms with van der Waals surface area (Å²) in [6, 6.07) is 4.84. The average molecular weight is 387 g/mol. The average Bonchev–Trinajstić information content (AvgIpc) is 2.54. The van der Waals surface area contributed by atoms with Crippen molar-refractivity contribution in [2.45, 2.75) is 11.5 Å². The van der Waals surface area contributed by atoms with Crippen molar-refractivity contribution < 1.29 is 17.9 Å². The van der Waals surface area contributed by atoms with Gasteiger partial charge in [-0.05, 0) is 18.2 Å². The van der Waals surface area contributed by atoms with E-state index in [-0.39, 0.29) is 27.8 Å². The Labute approximate surface area is 148 Å². The fraction of sp³-hybridized carbons (Fsp3) is 0.267. The highest BCUT2D eigenvalue weighted by Gasteiger charge is 2.17. The van der Waals surface area contributed by atoms with Crippen LogP contribution in [0.3, 0.4) is 0 Å². The van der Waals surface area contributed by atoms with Crippen molar-refractivity contribution in [3.8, 4) is 0 Å². The van der Waals surface area contributed by atoms with Crippen LogP contribution in [-0.4, -0.2) is 29.8 Å². The van der Waals surface area contributed by atoms with E-state index >= 15 is 0 Å². The number of ether oxygens (including phenoxy) is 1. The summed E-state index contributed by atoms with van der Waals surface area (Å²) in [6.45, 7) is -0.347. The Kier molecular flexibility index (Phi) is 5.19. The predicted molar refractivity (Wildman–Crippen MR) is 90.6 cm³/mol. The minimum atomic E-state index is -3.52. The summed E-state index contributed by atoms with van der Waals surface area (Å²) in [7, 11) is -0.758. The second-order valence-electron chi connectivity index (χ2n) is 5.36. The number of halogens is 1. The van der Waals surface area contributed by atoms with Crippen molar-refractivity contribution in [1.29, 1.82) is 0 Å². The highest BCUT2D eigenvalue weighted by Crippen LogP contribution is 2.21. The summed E-state index contributed by atoms with van der Waals surface area (Å²) in [5, 5.41) is 0.0234. The Morgan fingerprint density at radius 3 is 2.40 bits per heavy atom. The number of rotatable bonds is 4. The summed E-state index contributed by atoms with van der Waals surface area (Å²) in [5.74, 6) is -0.872. The minimum absolute atomic E-state index is 0.0234. The van der Waals surface area contributed by atoms with Crippen LogP contribution < -0.4 is 11.2 Å². The first-order valence-corrected chi connectivity index (χ1v) is 9.22. The highest BCUT2D eigenvalue weighted by molar-refractivity contribution is 7.90. The number of sulfone groups is 1. The molecule has 2 aromatic rings. The molecule has 0 unspecified atom stereocenters. The fourth-order valence-corrected chi connectivity index (χ4v) is 2.87. The zero-order valence-corrected chi connectivity index (χ0v) is 15.2. The van der Waals surface area contributed by atoms with Gasteiger partial charge in [0, 0.05) is 26.4 Å². The molecular formula is C15H15ClN2O6S. The normalized spacial score (nSPS) is 11.4. The second kappa shape index (κ2) is 6.85. The number of nitrogens with zero attached hydrogens (tertiary/aromatic N) is 2. The van der Waals surface area contributed by atoms with E-state index in [4.69, 9.17) is 16.3 Å². The Bertz CT molecular complexity index is 1070. The highest BCUT2D eigenvalue weighted by atomic mass is 35.5. The molecule has 25 heavy (non-hydrogen) atoms. The largest absolute Gasteiger partial charge is 0.456 e. The van der Waals surface area contributed by atoms with Crippen LogP contribution in [0.15, 0.2) is 38.8 Å². The molecule has 0 amide bonds. The van der Waals surface area contributed by atoms with Crippen LogP contribution in [0.1, 0.15) is 16.1 Å². The predicted octanol–water partition coefficient (Wildman–Crippen LogP) is 0.498. The van der Waals surface area contributed by atoms with Gasteiger partial charge in [0.25, 0.3) is 5.56 Å². The zero-order chi connectivity index (χ0) is 18.9. The molecule has 1 aromatic heterocycles. The summed E-state index contributed by atoms with van der Waals surface area (Å²) in [5.41, 5.74) is -1.03. The van der Waals surface area contributed by atoms with E-state index in [0.29, 0.717) is 0 Å². The van der Waals surface area contributed by atoms with Crippen molar-refractivity contribution in [3.05, 3.63) is 61.4 Å². The topological polar surface area (TPSA) is 104 Å². The molecule has 1 heterocycles. The maximum atomic E-state index is 12.2. The smallest absolute Gasteiger partial charge is 0.340 e. The molecule has 2 rings (SSSR count). The lowest BCUT2D eigenvalue weighted by molar-refractivity contribution is 0.0462. The van der Waals surface area contributed by atoms with Gasteiger partial charge in [0.2, 0.25) is 0 Å². The first kappa shape index (κ1) is 18.9. The van der Waals surface area contributed by atoms with Gasteiger partial charge >= 0.3 is 11.7 Å². The number of esters is 1. The number of hydrogen-bond acceptors (Lipinski definition) is 6. The molecule has 0 fully saturated rings. The van der Waals surface area contributed by atoms with Crippen molar-refractivity contribution >= 4 is 27.4 Å². The van der Waals surface area contributed by atoms with Crippen LogP contribution in [0.5, 0.6) is 0 Å². The van der Waals surface area contributed by atoms with E-state index in [1.165, 1.54) is 36.9 Å². The van der Waals surface area contributed by atoms with Crippen LogP contribution in [0.4, 0.5) is 0 Å². The van der Waals surface area contributed by atoms with Gasteiger partial charge in [-0.3, -0.25) is 13.9 Å². The van der Waals surface area contributed by atoms with Crippen LogP contribution in [0.2, 0.25) is 5.02 Å². The van der Waals surface area contributed by atoms with Crippen molar-refractivity contribution in [2.24, 2.45) is 14.1 Å². The van der Waals surface area contributed by atoms with Crippen LogP contribution in [0.25, 0.3) is 0 Å². The molecule has 0 N–H and O–H groups in total. The molecule has 0 bridgehead atoms. The molecule has 0 radical (unpaired) electrons. The standard InChI is InChI=1S/C15H15ClN2O6S/c1-17-9(6-13(19)18(2)15(17)21)8-24-14(20)11-7-10(25(3,22)23)4-5-12(11)16/h4-7H,8H2,1-3H3. The first-order valence-electron chi connectivity index (χ1n) is 6.95. The number of carbonyl (C=O) groups excluding carboxylic acids is 1. The van der Waals surface area contributed by atoms with E-state index < -0.39 is 27.1 Å². The SMILES string of the molecule is Cn1c(COC(=O)c2cc(S(C)(=O)=O)ccc2Cl)cc(=O)n(C)c1=O. The lowest BCUT2D eigenvalue weighted by Crippen LogP contribution is -2.38. The fourth-order valence-electron chi connectivity index (χ4n) is 2.03. The quantitative estimate of drug-likeness (QED) is 0.708. The molecule has 134 valence electrons. The van der Waals surface area contributed by atoms with Gasteiger partial charge in [0.05, 0.1) is 21.2 Å². The number of benzene rings is 1. The summed E-state index contributed by atoms with van der Waals surface area (Å²) >= 11 is 5.92. The number of carbonyl (C=O) groups is 1. The third-order valence-corrected chi connectivity index (χ3v) is 5.00. The monoisotopic (exact) mass is 386 g/mol. The molecule has 0 aliphatic carbocycles. The summed E-state index contributed by atoms with van der Waals surface area (Å²) in [4.78, 5) is 35.6. The van der Waals surface area contributed by atoms with Gasteiger partial charge in [-0.2, -0.15) is 0 Å². The van der Waals surface area contributed by atoms with Crippen LogP contribution in [0, 0.1) is 0 Å². The molecule has 0 spiro atoms. The lowest BCUT2D eigenvalue weighted by Gasteiger charge is -2.11. The molecule has 0 saturated heterocycles. The Morgan fingerprint density at radius 1 is 1.16 bits per heavy atom. The summed E-state index contributed by atoms with van der Waals surface area (Å²) in [6.07, 6.45) is 1.00. The van der Waals surface area contributed by atoms with E-state index in [1.54, 1.807) is 0 Å². The third-order valence-electron chi connectivity index (χ3n) is 3.56. The van der Waals surface area contributed by atoms with Gasteiger partial charge in [-0.25, -0.2) is 18.0 Å². The van der Waals surface area contributed by atoms with E-state index in [2.05, 4.69) is 0 Å². The van der Waals surface area contributed by atoms with Crippen LogP contribution >= 0.6 is 11.6 Å². The van der Waals surface area contributed by atoms with Gasteiger partial charge in [0.15, 0.2) is 9.84 Å². The molecule has 8 nitrogen and oxygen atoms in total. The van der Waals surface area contributed by atoms with Gasteiger partial charge in [-0.1, -0.05) is 11.6 Å². The van der Waals surface area contributed by atoms with Crippen molar-refractivity contribution in [3.63, 3.8) is 0 Å². The van der Waals surface area contributed by atoms with Crippen molar-refractivity contribution in [1.82, 2.24) is 9.13 Å². The van der Waals surface area contributed by atoms with Crippen molar-refractivity contribution in [2.75, 3.05) is 6.26 Å². The molecule has 10 heteroatoms. The second-order valence-corrected chi connectivity index (χ2v) is 7.79. The zero-order valence-electron chi connectivity index (χ0n) is 13.6. The van der Waals surface area contributed by atoms with E-state index in [1.807, 2.05) is 0 Å². The molecule has 0 aliphatic rings. The van der Waals surface area contributed by atoms with Crippen LogP contribution in [-0.2, 0) is 35.3 Å². The minimum Gasteiger partial charge on any atom is -0.456 e.